The Bertz CT molecular complexity index is 848. The van der Waals surface area contributed by atoms with E-state index < -0.39 is 0 Å². The van der Waals surface area contributed by atoms with Crippen molar-refractivity contribution in [3.8, 4) is 10.7 Å². The number of aromatic nitrogens is 2. The van der Waals surface area contributed by atoms with Crippen LogP contribution in [-0.2, 0) is 17.8 Å². The number of thiazole rings is 1. The summed E-state index contributed by atoms with van der Waals surface area (Å²) in [6.07, 6.45) is 1.93. The highest BCUT2D eigenvalue weighted by Crippen LogP contribution is 2.21. The van der Waals surface area contributed by atoms with Gasteiger partial charge in [-0.05, 0) is 36.2 Å². The molecular formula is C18H16FN3OS. The van der Waals surface area contributed by atoms with Crippen molar-refractivity contribution in [1.29, 1.82) is 0 Å². The predicted octanol–water partition coefficient (Wildman–Crippen LogP) is 3.51. The van der Waals surface area contributed by atoms with Crippen molar-refractivity contribution in [1.82, 2.24) is 15.3 Å². The average molecular weight is 341 g/mol. The molecule has 0 radical (unpaired) electrons. The van der Waals surface area contributed by atoms with Crippen molar-refractivity contribution in [2.75, 3.05) is 0 Å². The molecule has 2 heterocycles. The summed E-state index contributed by atoms with van der Waals surface area (Å²) in [5.41, 5.74) is 2.96. The zero-order chi connectivity index (χ0) is 16.9. The quantitative estimate of drug-likeness (QED) is 0.773. The largest absolute Gasteiger partial charge is 0.352 e. The second kappa shape index (κ2) is 7.31. The first kappa shape index (κ1) is 16.3. The minimum Gasteiger partial charge on any atom is -0.352 e. The van der Waals surface area contributed by atoms with Crippen LogP contribution < -0.4 is 5.32 Å². The standard InChI is InChI=1S/C18H16FN3OS/c1-12-8-13(5-6-15(12)19)10-21-17(23)9-14-11-24-18(22-14)16-4-2-3-7-20-16/h2-8,11H,9-10H2,1H3,(H,21,23). The van der Waals surface area contributed by atoms with Gasteiger partial charge >= 0.3 is 0 Å². The molecule has 2 aromatic heterocycles. The molecule has 0 spiro atoms. The molecule has 3 rings (SSSR count). The summed E-state index contributed by atoms with van der Waals surface area (Å²) >= 11 is 1.47. The lowest BCUT2D eigenvalue weighted by Gasteiger charge is -2.06. The lowest BCUT2D eigenvalue weighted by atomic mass is 10.1. The first-order valence-corrected chi connectivity index (χ1v) is 8.37. The zero-order valence-corrected chi connectivity index (χ0v) is 13.9. The summed E-state index contributed by atoms with van der Waals surface area (Å²) in [5, 5.41) is 5.50. The third-order valence-corrected chi connectivity index (χ3v) is 4.40. The van der Waals surface area contributed by atoms with E-state index in [2.05, 4.69) is 15.3 Å². The van der Waals surface area contributed by atoms with E-state index in [1.807, 2.05) is 23.6 Å². The van der Waals surface area contributed by atoms with Gasteiger partial charge in [0, 0.05) is 18.1 Å². The highest BCUT2D eigenvalue weighted by molar-refractivity contribution is 7.13. The van der Waals surface area contributed by atoms with Crippen LogP contribution in [0.3, 0.4) is 0 Å². The third-order valence-electron chi connectivity index (χ3n) is 3.49. The summed E-state index contributed by atoms with van der Waals surface area (Å²) in [4.78, 5) is 20.7. The number of nitrogens with zero attached hydrogens (tertiary/aromatic N) is 2. The van der Waals surface area contributed by atoms with Crippen LogP contribution in [0.1, 0.15) is 16.8 Å². The van der Waals surface area contributed by atoms with Crippen molar-refractivity contribution < 1.29 is 9.18 Å². The summed E-state index contributed by atoms with van der Waals surface area (Å²) in [6, 6.07) is 10.5. The molecule has 0 aliphatic rings. The smallest absolute Gasteiger partial charge is 0.226 e. The van der Waals surface area contributed by atoms with Crippen LogP contribution in [0.2, 0.25) is 0 Å². The van der Waals surface area contributed by atoms with E-state index in [9.17, 15) is 9.18 Å². The molecule has 0 bridgehead atoms. The van der Waals surface area contributed by atoms with Gasteiger partial charge in [-0.3, -0.25) is 9.78 Å². The zero-order valence-electron chi connectivity index (χ0n) is 13.1. The Hall–Kier alpha value is -2.60. The third kappa shape index (κ3) is 4.02. The normalized spacial score (nSPS) is 10.6. The summed E-state index contributed by atoms with van der Waals surface area (Å²) in [5.74, 6) is -0.357. The van der Waals surface area contributed by atoms with Gasteiger partial charge in [-0.25, -0.2) is 9.37 Å². The fraction of sp³-hybridized carbons (Fsp3) is 0.167. The molecule has 1 amide bonds. The van der Waals surface area contributed by atoms with Gasteiger partial charge < -0.3 is 5.32 Å². The first-order chi connectivity index (χ1) is 11.6. The molecule has 0 aliphatic heterocycles. The molecule has 0 unspecified atom stereocenters. The van der Waals surface area contributed by atoms with Crippen LogP contribution in [-0.4, -0.2) is 15.9 Å². The maximum absolute atomic E-state index is 13.2. The van der Waals surface area contributed by atoms with E-state index in [0.29, 0.717) is 17.8 Å². The second-order valence-electron chi connectivity index (χ2n) is 5.40. The average Bonchev–Trinajstić information content (AvgIpc) is 3.05. The SMILES string of the molecule is Cc1cc(CNC(=O)Cc2csc(-c3ccccn3)n2)ccc1F. The van der Waals surface area contributed by atoms with Crippen molar-refractivity contribution >= 4 is 17.2 Å². The number of aryl methyl sites for hydroxylation is 1. The van der Waals surface area contributed by atoms with Gasteiger partial charge in [0.2, 0.25) is 5.91 Å². The van der Waals surface area contributed by atoms with E-state index in [4.69, 9.17) is 0 Å². The number of hydrogen-bond donors (Lipinski definition) is 1. The highest BCUT2D eigenvalue weighted by atomic mass is 32.1. The van der Waals surface area contributed by atoms with E-state index in [-0.39, 0.29) is 18.1 Å². The molecule has 0 saturated carbocycles. The molecule has 3 aromatic rings. The lowest BCUT2D eigenvalue weighted by Crippen LogP contribution is -2.24. The highest BCUT2D eigenvalue weighted by Gasteiger charge is 2.10. The predicted molar refractivity (Wildman–Crippen MR) is 92.0 cm³/mol. The number of amides is 1. The van der Waals surface area contributed by atoms with Gasteiger partial charge in [0.05, 0.1) is 17.8 Å². The van der Waals surface area contributed by atoms with Gasteiger partial charge in [0.1, 0.15) is 10.8 Å². The Labute approximate surface area is 143 Å². The van der Waals surface area contributed by atoms with Crippen LogP contribution in [0.4, 0.5) is 4.39 Å². The molecule has 24 heavy (non-hydrogen) atoms. The number of rotatable bonds is 5. The number of pyridine rings is 1. The Morgan fingerprint density at radius 2 is 2.17 bits per heavy atom. The second-order valence-corrected chi connectivity index (χ2v) is 6.25. The molecular weight excluding hydrogens is 325 g/mol. The minimum absolute atomic E-state index is 0.116. The first-order valence-electron chi connectivity index (χ1n) is 7.49. The topological polar surface area (TPSA) is 54.9 Å². The van der Waals surface area contributed by atoms with Crippen LogP contribution in [0.25, 0.3) is 10.7 Å². The van der Waals surface area contributed by atoms with Crippen molar-refractivity contribution in [3.63, 3.8) is 0 Å². The molecule has 0 saturated heterocycles. The lowest BCUT2D eigenvalue weighted by molar-refractivity contribution is -0.120. The fourth-order valence-electron chi connectivity index (χ4n) is 2.24. The molecule has 0 aliphatic carbocycles. The van der Waals surface area contributed by atoms with Gasteiger partial charge in [-0.2, -0.15) is 0 Å². The number of benzene rings is 1. The van der Waals surface area contributed by atoms with Gasteiger partial charge in [-0.15, -0.1) is 11.3 Å². The maximum atomic E-state index is 13.2. The van der Waals surface area contributed by atoms with Crippen molar-refractivity contribution in [3.05, 3.63) is 70.6 Å². The van der Waals surface area contributed by atoms with Crippen LogP contribution >= 0.6 is 11.3 Å². The summed E-state index contributed by atoms with van der Waals surface area (Å²) in [7, 11) is 0. The summed E-state index contributed by atoms with van der Waals surface area (Å²) < 4.78 is 13.2. The molecule has 1 N–H and O–H groups in total. The summed E-state index contributed by atoms with van der Waals surface area (Å²) in [6.45, 7) is 2.08. The molecule has 0 fully saturated rings. The number of carbonyl (C=O) groups is 1. The van der Waals surface area contributed by atoms with E-state index >= 15 is 0 Å². The number of carbonyl (C=O) groups excluding carboxylic acids is 1. The molecule has 122 valence electrons. The van der Waals surface area contributed by atoms with E-state index in [1.54, 1.807) is 25.3 Å². The Balaban J connectivity index is 1.57. The molecule has 0 atom stereocenters. The van der Waals surface area contributed by atoms with Crippen molar-refractivity contribution in [2.45, 2.75) is 19.9 Å². The molecule has 6 heteroatoms. The Kier molecular flexibility index (Phi) is 4.96. The van der Waals surface area contributed by atoms with E-state index in [0.717, 1.165) is 16.3 Å². The van der Waals surface area contributed by atoms with Crippen LogP contribution in [0.15, 0.2) is 48.0 Å². The van der Waals surface area contributed by atoms with Gasteiger partial charge in [0.15, 0.2) is 0 Å². The molecule has 1 aromatic carbocycles. The molecule has 4 nitrogen and oxygen atoms in total. The number of halogens is 1. The van der Waals surface area contributed by atoms with Crippen LogP contribution in [0.5, 0.6) is 0 Å². The fourth-order valence-corrected chi connectivity index (χ4v) is 3.03. The van der Waals surface area contributed by atoms with Crippen LogP contribution in [0, 0.1) is 12.7 Å². The Morgan fingerprint density at radius 1 is 1.29 bits per heavy atom. The maximum Gasteiger partial charge on any atom is 0.226 e. The van der Waals surface area contributed by atoms with E-state index in [1.165, 1.54) is 17.4 Å². The minimum atomic E-state index is -0.241. The monoisotopic (exact) mass is 341 g/mol. The van der Waals surface area contributed by atoms with Gasteiger partial charge in [-0.1, -0.05) is 18.2 Å². The number of nitrogens with one attached hydrogen (secondary N) is 1. The van der Waals surface area contributed by atoms with Crippen molar-refractivity contribution in [2.24, 2.45) is 0 Å². The van der Waals surface area contributed by atoms with Gasteiger partial charge in [0.25, 0.3) is 0 Å². The number of hydrogen-bond acceptors (Lipinski definition) is 4. The Morgan fingerprint density at radius 3 is 2.92 bits per heavy atom.